The van der Waals surface area contributed by atoms with Crippen LogP contribution in [0.4, 0.5) is 5.69 Å². The lowest BCUT2D eigenvalue weighted by Gasteiger charge is -2.24. The molecule has 2 aromatic carbocycles. The summed E-state index contributed by atoms with van der Waals surface area (Å²) >= 11 is 0. The van der Waals surface area contributed by atoms with Gasteiger partial charge in [0.05, 0.1) is 5.56 Å². The first kappa shape index (κ1) is 22.1. The van der Waals surface area contributed by atoms with Gasteiger partial charge in [0.15, 0.2) is 11.6 Å². The zero-order chi connectivity index (χ0) is 19.4. The number of benzene rings is 2. The number of ketones is 2. The fraction of sp³-hybridized carbons (Fsp3) is 0.391. The first-order valence-electron chi connectivity index (χ1n) is 9.87. The van der Waals surface area contributed by atoms with E-state index < -0.39 is 0 Å². The molecular weight excluding hydrogens is 372 g/mol. The fourth-order valence-corrected chi connectivity index (χ4v) is 3.76. The van der Waals surface area contributed by atoms with Crippen molar-refractivity contribution in [2.24, 2.45) is 0 Å². The standard InChI is InChI=1S/C23H28N2O2.ClH/c1-4-25(5-2)15-9-10-16(3)24-20-14-8-13-19-21(20)23(27)18-12-7-6-11-17(18)22(19)26;/h6-8,11-14,16,24H,4-5,9-10,15H2,1-3H3;1H. The normalized spacial score (nSPS) is 13.6. The van der Waals surface area contributed by atoms with E-state index >= 15 is 0 Å². The number of rotatable bonds is 8. The van der Waals surface area contributed by atoms with Crippen LogP contribution in [0.5, 0.6) is 0 Å². The minimum atomic E-state index is -0.0713. The number of fused-ring (bicyclic) bond motifs is 2. The number of hydrogen-bond donors (Lipinski definition) is 1. The van der Waals surface area contributed by atoms with Crippen molar-refractivity contribution >= 4 is 29.7 Å². The van der Waals surface area contributed by atoms with Crippen molar-refractivity contribution in [1.82, 2.24) is 4.90 Å². The Labute approximate surface area is 173 Å². The molecule has 1 unspecified atom stereocenters. The highest BCUT2D eigenvalue weighted by Gasteiger charge is 2.31. The van der Waals surface area contributed by atoms with Crippen LogP contribution in [-0.2, 0) is 0 Å². The van der Waals surface area contributed by atoms with E-state index in [4.69, 9.17) is 0 Å². The second-order valence-corrected chi connectivity index (χ2v) is 7.15. The van der Waals surface area contributed by atoms with Crippen LogP contribution < -0.4 is 5.32 Å². The lowest BCUT2D eigenvalue weighted by molar-refractivity contribution is 0.0979. The van der Waals surface area contributed by atoms with Gasteiger partial charge in [-0.1, -0.05) is 50.2 Å². The van der Waals surface area contributed by atoms with Gasteiger partial charge < -0.3 is 10.2 Å². The van der Waals surface area contributed by atoms with Crippen LogP contribution in [0.25, 0.3) is 0 Å². The average Bonchev–Trinajstić information content (AvgIpc) is 2.69. The SMILES string of the molecule is CCN(CC)CCCC(C)Nc1cccc2c1C(=O)c1ccccc1C2=O.Cl. The molecule has 0 aliphatic heterocycles. The molecule has 4 nitrogen and oxygen atoms in total. The Hall–Kier alpha value is -2.17. The van der Waals surface area contributed by atoms with E-state index in [1.807, 2.05) is 12.1 Å². The topological polar surface area (TPSA) is 49.4 Å². The highest BCUT2D eigenvalue weighted by Crippen LogP contribution is 2.32. The summed E-state index contributed by atoms with van der Waals surface area (Å²) in [4.78, 5) is 28.3. The summed E-state index contributed by atoms with van der Waals surface area (Å²) in [7, 11) is 0. The van der Waals surface area contributed by atoms with Crippen molar-refractivity contribution in [3.63, 3.8) is 0 Å². The molecule has 0 bridgehead atoms. The molecule has 0 spiro atoms. The molecule has 3 rings (SSSR count). The van der Waals surface area contributed by atoms with E-state index in [9.17, 15) is 9.59 Å². The molecule has 0 aromatic heterocycles. The number of halogens is 1. The highest BCUT2D eigenvalue weighted by molar-refractivity contribution is 6.30. The summed E-state index contributed by atoms with van der Waals surface area (Å²) in [5, 5.41) is 3.47. The number of hydrogen-bond acceptors (Lipinski definition) is 4. The van der Waals surface area contributed by atoms with Crippen LogP contribution in [-0.4, -0.2) is 42.1 Å². The predicted octanol–water partition coefficient (Wildman–Crippen LogP) is 4.81. The number of nitrogens with one attached hydrogen (secondary N) is 1. The number of carbonyl (C=O) groups excluding carboxylic acids is 2. The quantitative estimate of drug-likeness (QED) is 0.589. The molecule has 0 radical (unpaired) electrons. The van der Waals surface area contributed by atoms with Gasteiger partial charge in [-0.3, -0.25) is 9.59 Å². The summed E-state index contributed by atoms with van der Waals surface area (Å²) in [6.45, 7) is 9.71. The molecule has 1 N–H and O–H groups in total. The minimum absolute atomic E-state index is 0. The molecule has 0 saturated heterocycles. The van der Waals surface area contributed by atoms with Crippen molar-refractivity contribution in [1.29, 1.82) is 0 Å². The second kappa shape index (κ2) is 9.85. The largest absolute Gasteiger partial charge is 0.382 e. The van der Waals surface area contributed by atoms with Crippen LogP contribution in [0, 0.1) is 0 Å². The summed E-state index contributed by atoms with van der Waals surface area (Å²) in [6, 6.07) is 12.8. The molecule has 5 heteroatoms. The first-order valence-corrected chi connectivity index (χ1v) is 9.87. The maximum atomic E-state index is 13.0. The number of carbonyl (C=O) groups is 2. The molecule has 0 fully saturated rings. The molecule has 2 aromatic rings. The van der Waals surface area contributed by atoms with E-state index in [-0.39, 0.29) is 30.0 Å². The lowest BCUT2D eigenvalue weighted by atomic mass is 9.83. The smallest absolute Gasteiger partial charge is 0.196 e. The van der Waals surface area contributed by atoms with Gasteiger partial charge >= 0.3 is 0 Å². The van der Waals surface area contributed by atoms with Crippen molar-refractivity contribution in [2.45, 2.75) is 39.7 Å². The van der Waals surface area contributed by atoms with Gasteiger partial charge in [0.2, 0.25) is 0 Å². The Kier molecular flexibility index (Phi) is 7.78. The van der Waals surface area contributed by atoms with Crippen molar-refractivity contribution in [2.75, 3.05) is 25.0 Å². The van der Waals surface area contributed by atoms with Gasteiger partial charge in [-0.05, 0) is 45.5 Å². The first-order chi connectivity index (χ1) is 13.1. The van der Waals surface area contributed by atoms with Gasteiger partial charge in [0.1, 0.15) is 0 Å². The molecule has 0 saturated carbocycles. The molecule has 28 heavy (non-hydrogen) atoms. The zero-order valence-corrected chi connectivity index (χ0v) is 17.6. The Bertz CT molecular complexity index is 846. The summed E-state index contributed by atoms with van der Waals surface area (Å²) in [5.74, 6) is -0.142. The van der Waals surface area contributed by atoms with Gasteiger partial charge in [0.25, 0.3) is 0 Å². The fourth-order valence-electron chi connectivity index (χ4n) is 3.76. The van der Waals surface area contributed by atoms with Gasteiger partial charge in [-0.15, -0.1) is 12.4 Å². The van der Waals surface area contributed by atoms with E-state index in [0.717, 1.165) is 38.2 Å². The second-order valence-electron chi connectivity index (χ2n) is 7.15. The zero-order valence-electron chi connectivity index (χ0n) is 16.8. The summed E-state index contributed by atoms with van der Waals surface area (Å²) in [6.07, 6.45) is 2.11. The van der Waals surface area contributed by atoms with Crippen LogP contribution in [0.3, 0.4) is 0 Å². The lowest BCUT2D eigenvalue weighted by Crippen LogP contribution is -2.27. The van der Waals surface area contributed by atoms with E-state index in [2.05, 4.69) is 31.0 Å². The number of nitrogens with zero attached hydrogens (tertiary/aromatic N) is 1. The van der Waals surface area contributed by atoms with Crippen LogP contribution in [0.2, 0.25) is 0 Å². The Morgan fingerprint density at radius 2 is 1.50 bits per heavy atom. The third kappa shape index (κ3) is 4.45. The van der Waals surface area contributed by atoms with E-state index in [1.165, 1.54) is 0 Å². The van der Waals surface area contributed by atoms with Gasteiger partial charge in [-0.2, -0.15) is 0 Å². The molecule has 150 valence electrons. The van der Waals surface area contributed by atoms with Gasteiger partial charge in [-0.25, -0.2) is 0 Å². The van der Waals surface area contributed by atoms with Crippen LogP contribution in [0.1, 0.15) is 65.5 Å². The average molecular weight is 401 g/mol. The third-order valence-corrected chi connectivity index (χ3v) is 5.36. The van der Waals surface area contributed by atoms with Crippen molar-refractivity contribution in [3.8, 4) is 0 Å². The molecule has 1 atom stereocenters. The monoisotopic (exact) mass is 400 g/mol. The van der Waals surface area contributed by atoms with Gasteiger partial charge in [0, 0.05) is 28.4 Å². The summed E-state index contributed by atoms with van der Waals surface area (Å²) in [5.41, 5.74) is 2.77. The van der Waals surface area contributed by atoms with Crippen molar-refractivity contribution < 1.29 is 9.59 Å². The molecular formula is C23H29ClN2O2. The third-order valence-electron chi connectivity index (χ3n) is 5.36. The predicted molar refractivity (Wildman–Crippen MR) is 117 cm³/mol. The molecule has 1 aliphatic carbocycles. The maximum absolute atomic E-state index is 13.0. The minimum Gasteiger partial charge on any atom is -0.382 e. The molecule has 0 amide bonds. The highest BCUT2D eigenvalue weighted by atomic mass is 35.5. The maximum Gasteiger partial charge on any atom is 0.196 e. The van der Waals surface area contributed by atoms with Crippen molar-refractivity contribution in [3.05, 3.63) is 64.7 Å². The molecule has 0 heterocycles. The summed E-state index contributed by atoms with van der Waals surface area (Å²) < 4.78 is 0. The Balaban J connectivity index is 0.00000280. The number of anilines is 1. The van der Waals surface area contributed by atoms with Crippen LogP contribution >= 0.6 is 12.4 Å². The van der Waals surface area contributed by atoms with Crippen LogP contribution in [0.15, 0.2) is 42.5 Å². The van der Waals surface area contributed by atoms with E-state index in [1.54, 1.807) is 30.3 Å². The Morgan fingerprint density at radius 3 is 2.14 bits per heavy atom. The van der Waals surface area contributed by atoms with E-state index in [0.29, 0.717) is 22.3 Å². The Morgan fingerprint density at radius 1 is 0.893 bits per heavy atom. The molecule has 1 aliphatic rings.